The van der Waals surface area contributed by atoms with Crippen molar-refractivity contribution in [2.75, 3.05) is 26.2 Å². The summed E-state index contributed by atoms with van der Waals surface area (Å²) in [5, 5.41) is 17.1. The molecule has 2 atom stereocenters. The van der Waals surface area contributed by atoms with Crippen LogP contribution in [0.2, 0.25) is 0 Å². The van der Waals surface area contributed by atoms with Crippen LogP contribution in [0.15, 0.2) is 77.5 Å². The number of aliphatic hydroxyl groups is 1. The first-order valence-electron chi connectivity index (χ1n) is 16.1. The van der Waals surface area contributed by atoms with Crippen LogP contribution in [-0.2, 0) is 19.1 Å². The molecule has 4 aromatic rings. The molecule has 3 aromatic carbocycles. The molecule has 3 N–H and O–H groups in total. The zero-order valence-electron chi connectivity index (χ0n) is 26.9. The minimum absolute atomic E-state index is 0.0114. The third-order valence-electron chi connectivity index (χ3n) is 8.10. The van der Waals surface area contributed by atoms with Gasteiger partial charge in [0.05, 0.1) is 30.5 Å². The zero-order chi connectivity index (χ0) is 35.0. The molecule has 13 heteroatoms. The lowest BCUT2D eigenvalue weighted by atomic mass is 9.99. The van der Waals surface area contributed by atoms with E-state index in [0.29, 0.717) is 49.0 Å². The van der Waals surface area contributed by atoms with Gasteiger partial charge in [-0.05, 0) is 73.2 Å². The minimum Gasteiger partial charge on any atom is -0.493 e. The van der Waals surface area contributed by atoms with E-state index < -0.39 is 35.6 Å². The van der Waals surface area contributed by atoms with E-state index in [9.17, 15) is 32.3 Å². The molecule has 0 aliphatic carbocycles. The predicted octanol–water partition coefficient (Wildman–Crippen LogP) is 6.02. The van der Waals surface area contributed by atoms with Crippen molar-refractivity contribution >= 4 is 11.8 Å². The molecule has 0 unspecified atom stereocenters. The second-order valence-corrected chi connectivity index (χ2v) is 12.0. The Morgan fingerprint density at radius 2 is 1.86 bits per heavy atom. The monoisotopic (exact) mass is 682 g/mol. The highest BCUT2D eigenvalue weighted by molar-refractivity contribution is 6.01. The van der Waals surface area contributed by atoms with E-state index in [-0.39, 0.29) is 54.8 Å². The van der Waals surface area contributed by atoms with Crippen LogP contribution in [0.25, 0.3) is 11.5 Å². The van der Waals surface area contributed by atoms with E-state index in [1.165, 1.54) is 48.9 Å². The first-order chi connectivity index (χ1) is 23.5. The molecule has 0 saturated heterocycles. The Bertz CT molecular complexity index is 1730. The lowest BCUT2D eigenvalue weighted by Gasteiger charge is -2.25. The number of benzene rings is 3. The van der Waals surface area contributed by atoms with Crippen LogP contribution < -0.4 is 15.4 Å². The first kappa shape index (κ1) is 35.6. The topological polar surface area (TPSA) is 117 Å². The number of rotatable bonds is 8. The third kappa shape index (κ3) is 9.67. The molecule has 1 aromatic heterocycles. The Labute approximate surface area is 281 Å². The number of alkyl halides is 3. The fourth-order valence-electron chi connectivity index (χ4n) is 5.71. The summed E-state index contributed by atoms with van der Waals surface area (Å²) in [6.45, 7) is 3.06. The summed E-state index contributed by atoms with van der Waals surface area (Å²) >= 11 is 0. The van der Waals surface area contributed by atoms with E-state index in [4.69, 9.17) is 9.15 Å². The van der Waals surface area contributed by atoms with Crippen LogP contribution in [0.5, 0.6) is 5.75 Å². The molecule has 0 fully saturated rings. The summed E-state index contributed by atoms with van der Waals surface area (Å²) < 4.78 is 65.6. The summed E-state index contributed by atoms with van der Waals surface area (Å²) in [5.74, 6) is -0.973. The SMILES string of the molecule is CCCN1CCCCOc2cc(F)cc(c2)C[C@@H]([C@H](O)CNCc2cccc(C(F)(F)F)c2)NC(=O)c2cc(cc(-c3ncco3)c2)C1=O. The molecule has 9 nitrogen and oxygen atoms in total. The summed E-state index contributed by atoms with van der Waals surface area (Å²) in [6, 6.07) is 12.6. The van der Waals surface area contributed by atoms with Gasteiger partial charge in [0.15, 0.2) is 0 Å². The van der Waals surface area contributed by atoms with Crippen molar-refractivity contribution in [1.82, 2.24) is 20.5 Å². The van der Waals surface area contributed by atoms with Gasteiger partial charge in [0, 0.05) is 48.9 Å². The largest absolute Gasteiger partial charge is 0.493 e. The Morgan fingerprint density at radius 1 is 1.06 bits per heavy atom. The zero-order valence-corrected chi connectivity index (χ0v) is 26.9. The second-order valence-electron chi connectivity index (χ2n) is 12.0. The Balaban J connectivity index is 1.46. The summed E-state index contributed by atoms with van der Waals surface area (Å²) in [7, 11) is 0. The fourth-order valence-corrected chi connectivity index (χ4v) is 5.71. The molecule has 1 aliphatic rings. The van der Waals surface area contributed by atoms with Crippen LogP contribution in [0, 0.1) is 5.82 Å². The molecule has 5 rings (SSSR count). The van der Waals surface area contributed by atoms with E-state index in [0.717, 1.165) is 12.1 Å². The van der Waals surface area contributed by atoms with Crippen molar-refractivity contribution in [3.8, 4) is 17.2 Å². The number of carbonyl (C=O) groups excluding carboxylic acids is 2. The molecule has 0 radical (unpaired) electrons. The lowest BCUT2D eigenvalue weighted by molar-refractivity contribution is -0.137. The van der Waals surface area contributed by atoms with Crippen LogP contribution in [-0.4, -0.2) is 65.2 Å². The molecule has 2 heterocycles. The first-order valence-corrected chi connectivity index (χ1v) is 16.1. The smallest absolute Gasteiger partial charge is 0.416 e. The number of ether oxygens (including phenoxy) is 1. The van der Waals surface area contributed by atoms with Gasteiger partial charge in [-0.2, -0.15) is 13.2 Å². The summed E-state index contributed by atoms with van der Waals surface area (Å²) in [6.07, 6.45) is -1.02. The molecule has 4 bridgehead atoms. The van der Waals surface area contributed by atoms with Gasteiger partial charge in [-0.3, -0.25) is 9.59 Å². The quantitative estimate of drug-likeness (QED) is 0.195. The molecular formula is C36H38F4N4O5. The highest BCUT2D eigenvalue weighted by Crippen LogP contribution is 2.29. The van der Waals surface area contributed by atoms with Crippen molar-refractivity contribution in [2.24, 2.45) is 0 Å². The maximum absolute atomic E-state index is 14.7. The van der Waals surface area contributed by atoms with E-state index in [1.54, 1.807) is 17.0 Å². The van der Waals surface area contributed by atoms with Crippen molar-refractivity contribution in [3.63, 3.8) is 0 Å². The Hall–Kier alpha value is -4.75. The van der Waals surface area contributed by atoms with Gasteiger partial charge in [0.2, 0.25) is 5.89 Å². The van der Waals surface area contributed by atoms with E-state index in [2.05, 4.69) is 15.6 Å². The molecule has 49 heavy (non-hydrogen) atoms. The average molecular weight is 683 g/mol. The fraction of sp³-hybridized carbons (Fsp3) is 0.361. The Morgan fingerprint density at radius 3 is 2.61 bits per heavy atom. The van der Waals surface area contributed by atoms with Crippen molar-refractivity contribution in [3.05, 3.63) is 107 Å². The van der Waals surface area contributed by atoms with Gasteiger partial charge in [-0.25, -0.2) is 9.37 Å². The summed E-state index contributed by atoms with van der Waals surface area (Å²) in [4.78, 5) is 33.5. The Kier molecular flexibility index (Phi) is 11.7. The third-order valence-corrected chi connectivity index (χ3v) is 8.10. The van der Waals surface area contributed by atoms with E-state index in [1.807, 2.05) is 6.92 Å². The van der Waals surface area contributed by atoms with Crippen LogP contribution in [0.1, 0.15) is 63.6 Å². The van der Waals surface area contributed by atoms with Gasteiger partial charge in [0.25, 0.3) is 11.8 Å². The second kappa shape index (κ2) is 16.1. The van der Waals surface area contributed by atoms with Crippen molar-refractivity contribution < 1.29 is 41.4 Å². The van der Waals surface area contributed by atoms with Gasteiger partial charge in [0.1, 0.15) is 17.8 Å². The summed E-state index contributed by atoms with van der Waals surface area (Å²) in [5.41, 5.74) is 0.767. The van der Waals surface area contributed by atoms with Gasteiger partial charge in [-0.1, -0.05) is 25.1 Å². The standard InChI is InChI=1S/C36H38F4N4O5/c1-2-9-44-10-3-4-11-48-30-15-24(14-29(37)20-30)16-31(32(45)22-41-21-23-6-5-7-28(13-23)36(38,39)40)43-33(46)25-17-26(34-42-8-12-49-34)19-27(18-25)35(44)47/h5-8,12-15,17-20,31-32,41,45H,2-4,9-11,16,21-22H2,1H3,(H,43,46)/t31-,32+/m0/s1. The average Bonchev–Trinajstić information content (AvgIpc) is 3.61. The molecule has 0 saturated carbocycles. The van der Waals surface area contributed by atoms with Crippen molar-refractivity contribution in [1.29, 1.82) is 0 Å². The number of amides is 2. The number of halogens is 4. The maximum atomic E-state index is 14.7. The number of nitrogens with zero attached hydrogens (tertiary/aromatic N) is 2. The number of oxazole rings is 1. The predicted molar refractivity (Wildman–Crippen MR) is 173 cm³/mol. The van der Waals surface area contributed by atoms with E-state index >= 15 is 0 Å². The maximum Gasteiger partial charge on any atom is 0.416 e. The molecule has 1 aliphatic heterocycles. The number of fused-ring (bicyclic) bond motifs is 4. The molecule has 260 valence electrons. The normalized spacial score (nSPS) is 16.9. The van der Waals surface area contributed by atoms with Crippen molar-refractivity contribution in [2.45, 2.75) is 57.5 Å². The minimum atomic E-state index is -4.50. The van der Waals surface area contributed by atoms with Crippen LogP contribution >= 0.6 is 0 Å². The van der Waals surface area contributed by atoms with Gasteiger partial charge < -0.3 is 29.8 Å². The number of nitrogens with one attached hydrogen (secondary N) is 2. The van der Waals surface area contributed by atoms with Gasteiger partial charge >= 0.3 is 6.18 Å². The van der Waals surface area contributed by atoms with Crippen LogP contribution in [0.4, 0.5) is 17.6 Å². The number of hydrogen-bond acceptors (Lipinski definition) is 7. The number of aliphatic hydroxyl groups excluding tert-OH is 1. The van der Waals surface area contributed by atoms with Gasteiger partial charge in [-0.15, -0.1) is 0 Å². The molecule has 0 spiro atoms. The number of aromatic nitrogens is 1. The number of hydrogen-bond donors (Lipinski definition) is 3. The lowest BCUT2D eigenvalue weighted by Crippen LogP contribution is -2.48. The molecular weight excluding hydrogens is 644 g/mol. The van der Waals surface area contributed by atoms with Crippen LogP contribution in [0.3, 0.4) is 0 Å². The highest BCUT2D eigenvalue weighted by atomic mass is 19.4. The highest BCUT2D eigenvalue weighted by Gasteiger charge is 2.30. The molecule has 2 amide bonds. The number of carbonyl (C=O) groups is 2.